The molecule has 0 radical (unpaired) electrons. The van der Waals surface area contributed by atoms with Crippen molar-refractivity contribution in [2.45, 2.75) is 57.9 Å². The summed E-state index contributed by atoms with van der Waals surface area (Å²) >= 11 is 0. The van der Waals surface area contributed by atoms with E-state index >= 15 is 0 Å². The van der Waals surface area contributed by atoms with Crippen LogP contribution in [0.5, 0.6) is 0 Å². The van der Waals surface area contributed by atoms with Crippen molar-refractivity contribution < 1.29 is 4.79 Å². The van der Waals surface area contributed by atoms with Crippen LogP contribution in [0.4, 0.5) is 0 Å². The maximum Gasteiger partial charge on any atom is 0.222 e. The minimum atomic E-state index is 0.364. The fourth-order valence-electron chi connectivity index (χ4n) is 3.32. The Morgan fingerprint density at radius 3 is 2.56 bits per heavy atom. The molecule has 1 unspecified atom stereocenters. The van der Waals surface area contributed by atoms with Gasteiger partial charge in [-0.15, -0.1) is 0 Å². The topological polar surface area (TPSA) is 32.3 Å². The van der Waals surface area contributed by atoms with E-state index in [2.05, 4.69) is 12.2 Å². The molecule has 1 N–H and O–H groups in total. The smallest absolute Gasteiger partial charge is 0.222 e. The molecule has 1 saturated heterocycles. The lowest BCUT2D eigenvalue weighted by molar-refractivity contribution is -0.133. The van der Waals surface area contributed by atoms with Gasteiger partial charge in [0.15, 0.2) is 0 Å². The molecule has 0 spiro atoms. The summed E-state index contributed by atoms with van der Waals surface area (Å²) in [6, 6.07) is 0.505. The van der Waals surface area contributed by atoms with Gasteiger partial charge in [-0.3, -0.25) is 4.79 Å². The molecule has 1 amide bonds. The second kappa shape index (κ2) is 6.55. The fourth-order valence-corrected chi connectivity index (χ4v) is 3.32. The molecule has 0 aromatic carbocycles. The standard InChI is InChI=1S/C15H28N2O/c1-12-5-7-14(8-6-12)17(2)15(18)10-13-4-3-9-16-11-13/h12-14,16H,3-11H2,1-2H3. The molecule has 2 aliphatic rings. The molecule has 1 aliphatic carbocycles. The Hall–Kier alpha value is -0.570. The van der Waals surface area contributed by atoms with Crippen LogP contribution in [-0.4, -0.2) is 37.0 Å². The van der Waals surface area contributed by atoms with Crippen LogP contribution in [0.1, 0.15) is 51.9 Å². The average Bonchev–Trinajstić information content (AvgIpc) is 2.40. The molecule has 0 aromatic rings. The Bertz CT molecular complexity index is 266. The van der Waals surface area contributed by atoms with E-state index in [-0.39, 0.29) is 0 Å². The quantitative estimate of drug-likeness (QED) is 0.836. The molecule has 1 atom stereocenters. The lowest BCUT2D eigenvalue weighted by Crippen LogP contribution is -2.41. The van der Waals surface area contributed by atoms with Crippen LogP contribution in [0.15, 0.2) is 0 Å². The monoisotopic (exact) mass is 252 g/mol. The van der Waals surface area contributed by atoms with Crippen molar-refractivity contribution in [3.8, 4) is 0 Å². The summed E-state index contributed by atoms with van der Waals surface area (Å²) in [6.07, 6.45) is 8.16. The summed E-state index contributed by atoms with van der Waals surface area (Å²) in [5.41, 5.74) is 0. The second-order valence-electron chi connectivity index (χ2n) is 6.33. The van der Waals surface area contributed by atoms with Crippen LogP contribution in [-0.2, 0) is 4.79 Å². The van der Waals surface area contributed by atoms with Crippen molar-refractivity contribution in [1.82, 2.24) is 10.2 Å². The van der Waals surface area contributed by atoms with Crippen molar-refractivity contribution in [1.29, 1.82) is 0 Å². The third kappa shape index (κ3) is 3.71. The zero-order valence-corrected chi connectivity index (χ0v) is 12.0. The third-order valence-corrected chi connectivity index (χ3v) is 4.79. The lowest BCUT2D eigenvalue weighted by Gasteiger charge is -2.34. The first-order valence-electron chi connectivity index (χ1n) is 7.63. The molecule has 2 rings (SSSR count). The highest BCUT2D eigenvalue weighted by atomic mass is 16.2. The maximum atomic E-state index is 12.3. The van der Waals surface area contributed by atoms with Gasteiger partial charge in [-0.1, -0.05) is 6.92 Å². The summed E-state index contributed by atoms with van der Waals surface area (Å²) in [5, 5.41) is 3.39. The van der Waals surface area contributed by atoms with Gasteiger partial charge in [0.05, 0.1) is 0 Å². The zero-order chi connectivity index (χ0) is 13.0. The van der Waals surface area contributed by atoms with E-state index in [4.69, 9.17) is 0 Å². The van der Waals surface area contributed by atoms with E-state index < -0.39 is 0 Å². The van der Waals surface area contributed by atoms with Gasteiger partial charge < -0.3 is 10.2 Å². The Labute approximate surface area is 111 Å². The molecule has 1 heterocycles. The Kier molecular flexibility index (Phi) is 5.04. The van der Waals surface area contributed by atoms with Gasteiger partial charge in [0.1, 0.15) is 0 Å². The molecule has 0 bridgehead atoms. The highest BCUT2D eigenvalue weighted by molar-refractivity contribution is 5.76. The molecule has 3 heteroatoms. The van der Waals surface area contributed by atoms with E-state index in [1.54, 1.807) is 0 Å². The highest BCUT2D eigenvalue weighted by Gasteiger charge is 2.26. The normalized spacial score (nSPS) is 33.1. The molecule has 2 fully saturated rings. The van der Waals surface area contributed by atoms with Gasteiger partial charge in [-0.05, 0) is 63.5 Å². The van der Waals surface area contributed by atoms with Crippen molar-refractivity contribution in [3.63, 3.8) is 0 Å². The van der Waals surface area contributed by atoms with Gasteiger partial charge in [0.25, 0.3) is 0 Å². The van der Waals surface area contributed by atoms with Crippen LogP contribution in [0.2, 0.25) is 0 Å². The van der Waals surface area contributed by atoms with Crippen molar-refractivity contribution >= 4 is 5.91 Å². The second-order valence-corrected chi connectivity index (χ2v) is 6.33. The number of nitrogens with zero attached hydrogens (tertiary/aromatic N) is 1. The van der Waals surface area contributed by atoms with Gasteiger partial charge in [0.2, 0.25) is 5.91 Å². The van der Waals surface area contributed by atoms with E-state index in [0.29, 0.717) is 17.9 Å². The number of piperidine rings is 1. The molecule has 0 aromatic heterocycles. The van der Waals surface area contributed by atoms with Crippen molar-refractivity contribution in [2.24, 2.45) is 11.8 Å². The zero-order valence-electron chi connectivity index (χ0n) is 12.0. The van der Waals surface area contributed by atoms with Gasteiger partial charge in [0, 0.05) is 19.5 Å². The fraction of sp³-hybridized carbons (Fsp3) is 0.933. The van der Waals surface area contributed by atoms with E-state index in [0.717, 1.165) is 25.4 Å². The largest absolute Gasteiger partial charge is 0.343 e. The first kappa shape index (κ1) is 13.9. The van der Waals surface area contributed by atoms with Crippen LogP contribution in [0.3, 0.4) is 0 Å². The number of hydrogen-bond donors (Lipinski definition) is 1. The van der Waals surface area contributed by atoms with Crippen molar-refractivity contribution in [2.75, 3.05) is 20.1 Å². The third-order valence-electron chi connectivity index (χ3n) is 4.79. The van der Waals surface area contributed by atoms with Crippen LogP contribution in [0.25, 0.3) is 0 Å². The van der Waals surface area contributed by atoms with E-state index in [1.807, 2.05) is 11.9 Å². The SMILES string of the molecule is CC1CCC(N(C)C(=O)CC2CCCNC2)CC1. The lowest BCUT2D eigenvalue weighted by atomic mass is 9.86. The molecule has 1 aliphatic heterocycles. The summed E-state index contributed by atoms with van der Waals surface area (Å²) in [6.45, 7) is 4.48. The Balaban J connectivity index is 1.77. The molecule has 3 nitrogen and oxygen atoms in total. The first-order chi connectivity index (χ1) is 8.66. The number of carbonyl (C=O) groups excluding carboxylic acids is 1. The summed E-state index contributed by atoms with van der Waals surface area (Å²) in [7, 11) is 2.01. The predicted molar refractivity (Wildman–Crippen MR) is 74.4 cm³/mol. The molecular weight excluding hydrogens is 224 g/mol. The van der Waals surface area contributed by atoms with Gasteiger partial charge >= 0.3 is 0 Å². The molecule has 1 saturated carbocycles. The average molecular weight is 252 g/mol. The minimum absolute atomic E-state index is 0.364. The predicted octanol–water partition coefficient (Wildman–Crippen LogP) is 2.41. The number of hydrogen-bond acceptors (Lipinski definition) is 2. The van der Waals surface area contributed by atoms with E-state index in [9.17, 15) is 4.79 Å². The van der Waals surface area contributed by atoms with E-state index in [1.165, 1.54) is 38.5 Å². The molecule has 104 valence electrons. The molecule has 18 heavy (non-hydrogen) atoms. The van der Waals surface area contributed by atoms with Crippen LogP contribution >= 0.6 is 0 Å². The summed E-state index contributed by atoms with van der Waals surface area (Å²) in [5.74, 6) is 1.78. The highest BCUT2D eigenvalue weighted by Crippen LogP contribution is 2.27. The van der Waals surface area contributed by atoms with Crippen molar-refractivity contribution in [3.05, 3.63) is 0 Å². The first-order valence-corrected chi connectivity index (χ1v) is 7.63. The number of carbonyl (C=O) groups is 1. The van der Waals surface area contributed by atoms with Crippen LogP contribution in [0, 0.1) is 11.8 Å². The number of amides is 1. The van der Waals surface area contributed by atoms with Gasteiger partial charge in [-0.2, -0.15) is 0 Å². The van der Waals surface area contributed by atoms with Gasteiger partial charge in [-0.25, -0.2) is 0 Å². The summed E-state index contributed by atoms with van der Waals surface area (Å²) in [4.78, 5) is 14.3. The Morgan fingerprint density at radius 1 is 1.22 bits per heavy atom. The number of rotatable bonds is 3. The minimum Gasteiger partial charge on any atom is -0.343 e. The molecular formula is C15H28N2O. The Morgan fingerprint density at radius 2 is 1.94 bits per heavy atom. The number of nitrogens with one attached hydrogen (secondary N) is 1. The van der Waals surface area contributed by atoms with Crippen LogP contribution < -0.4 is 5.32 Å². The summed E-state index contributed by atoms with van der Waals surface area (Å²) < 4.78 is 0. The maximum absolute atomic E-state index is 12.3.